The van der Waals surface area contributed by atoms with E-state index in [0.29, 0.717) is 6.42 Å². The molecule has 0 aromatic carbocycles. The number of carbonyl (C=O) groups excluding carboxylic acids is 1. The van der Waals surface area contributed by atoms with Crippen LogP contribution in [0.3, 0.4) is 0 Å². The third-order valence-electron chi connectivity index (χ3n) is 1.32. The van der Waals surface area contributed by atoms with Gasteiger partial charge in [0.15, 0.2) is 0 Å². The second-order valence-corrected chi connectivity index (χ2v) is 4.78. The van der Waals surface area contributed by atoms with E-state index < -0.39 is 15.7 Å². The highest BCUT2D eigenvalue weighted by molar-refractivity contribution is 7.91. The van der Waals surface area contributed by atoms with E-state index in [1.807, 2.05) is 0 Å². The van der Waals surface area contributed by atoms with Crippen LogP contribution in [-0.4, -0.2) is 25.8 Å². The Morgan fingerprint density at radius 2 is 2.00 bits per heavy atom. The summed E-state index contributed by atoms with van der Waals surface area (Å²) in [7, 11) is -2.92. The summed E-state index contributed by atoms with van der Waals surface area (Å²) >= 11 is 0. The molecule has 0 bridgehead atoms. The molecule has 0 aliphatic rings. The smallest absolute Gasteiger partial charge is 0.217 e. The minimum absolute atomic E-state index is 0.0619. The maximum absolute atomic E-state index is 10.8. The van der Waals surface area contributed by atoms with Gasteiger partial charge in [0, 0.05) is 12.2 Å². The Bertz CT molecular complexity index is 220. The van der Waals surface area contributed by atoms with Crippen LogP contribution in [0.25, 0.3) is 0 Å². The van der Waals surface area contributed by atoms with Crippen molar-refractivity contribution in [2.24, 2.45) is 5.73 Å². The number of hydrogen-bond donors (Lipinski definition) is 1. The largest absolute Gasteiger partial charge is 0.370 e. The van der Waals surface area contributed by atoms with Crippen molar-refractivity contribution in [1.29, 1.82) is 0 Å². The summed E-state index contributed by atoms with van der Waals surface area (Å²) in [5, 5.41) is 0. The molecule has 0 saturated heterocycles. The van der Waals surface area contributed by atoms with E-state index in [9.17, 15) is 13.2 Å². The van der Waals surface area contributed by atoms with Crippen molar-refractivity contribution in [1.82, 2.24) is 0 Å². The molecule has 5 heteroatoms. The van der Waals surface area contributed by atoms with Crippen molar-refractivity contribution in [3.8, 4) is 0 Å². The van der Waals surface area contributed by atoms with Gasteiger partial charge in [-0.25, -0.2) is 8.42 Å². The van der Waals surface area contributed by atoms with Gasteiger partial charge in [-0.1, -0.05) is 6.92 Å². The molecule has 2 N–H and O–H groups in total. The SMILES string of the molecule is CCS(=O)(=O)CCCC(N)=O. The molecule has 4 nitrogen and oxygen atoms in total. The van der Waals surface area contributed by atoms with Crippen LogP contribution < -0.4 is 5.73 Å². The van der Waals surface area contributed by atoms with Crippen LogP contribution in [0.15, 0.2) is 0 Å². The van der Waals surface area contributed by atoms with E-state index in [4.69, 9.17) is 5.73 Å². The summed E-state index contributed by atoms with van der Waals surface area (Å²) in [5.74, 6) is -0.255. The zero-order valence-electron chi connectivity index (χ0n) is 6.54. The molecular formula is C6H13NO3S. The second kappa shape index (κ2) is 4.33. The van der Waals surface area contributed by atoms with Gasteiger partial charge < -0.3 is 5.73 Å². The van der Waals surface area contributed by atoms with Crippen LogP contribution in [0.4, 0.5) is 0 Å². The summed E-state index contributed by atoms with van der Waals surface area (Å²) in [6.45, 7) is 1.58. The summed E-state index contributed by atoms with van der Waals surface area (Å²) in [6, 6.07) is 0. The standard InChI is InChI=1S/C6H13NO3S/c1-2-11(9,10)5-3-4-6(7)8/h2-5H2,1H3,(H2,7,8). The fourth-order valence-corrected chi connectivity index (χ4v) is 1.48. The number of rotatable bonds is 5. The molecule has 0 atom stereocenters. The van der Waals surface area contributed by atoms with Crippen LogP contribution in [0.5, 0.6) is 0 Å². The molecule has 0 saturated carbocycles. The maximum atomic E-state index is 10.8. The zero-order chi connectivity index (χ0) is 8.91. The Balaban J connectivity index is 3.63. The lowest BCUT2D eigenvalue weighted by atomic mass is 10.3. The quantitative estimate of drug-likeness (QED) is 0.628. The van der Waals surface area contributed by atoms with Gasteiger partial charge in [0.05, 0.1) is 5.75 Å². The highest BCUT2D eigenvalue weighted by atomic mass is 32.2. The molecule has 0 heterocycles. The van der Waals surface area contributed by atoms with E-state index in [1.165, 1.54) is 0 Å². The molecule has 11 heavy (non-hydrogen) atoms. The first-order valence-electron chi connectivity index (χ1n) is 3.46. The maximum Gasteiger partial charge on any atom is 0.217 e. The van der Waals surface area contributed by atoms with E-state index in [-0.39, 0.29) is 17.9 Å². The average Bonchev–Trinajstić information content (AvgIpc) is 1.87. The highest BCUT2D eigenvalue weighted by Gasteiger charge is 2.06. The Hall–Kier alpha value is -0.580. The van der Waals surface area contributed by atoms with E-state index >= 15 is 0 Å². The van der Waals surface area contributed by atoms with Crippen molar-refractivity contribution in [3.63, 3.8) is 0 Å². The van der Waals surface area contributed by atoms with Gasteiger partial charge in [0.25, 0.3) is 0 Å². The van der Waals surface area contributed by atoms with Crippen LogP contribution in [-0.2, 0) is 14.6 Å². The Kier molecular flexibility index (Phi) is 4.10. The van der Waals surface area contributed by atoms with Crippen molar-refractivity contribution in [3.05, 3.63) is 0 Å². The first-order valence-corrected chi connectivity index (χ1v) is 5.29. The van der Waals surface area contributed by atoms with E-state index in [2.05, 4.69) is 0 Å². The minimum Gasteiger partial charge on any atom is -0.370 e. The Morgan fingerprint density at radius 1 is 1.45 bits per heavy atom. The predicted molar refractivity (Wildman–Crippen MR) is 42.8 cm³/mol. The number of hydrogen-bond acceptors (Lipinski definition) is 3. The van der Waals surface area contributed by atoms with Crippen LogP contribution in [0.1, 0.15) is 19.8 Å². The van der Waals surface area contributed by atoms with Gasteiger partial charge >= 0.3 is 0 Å². The fraction of sp³-hybridized carbons (Fsp3) is 0.833. The fourth-order valence-electron chi connectivity index (χ4n) is 0.611. The minimum atomic E-state index is -2.92. The highest BCUT2D eigenvalue weighted by Crippen LogP contribution is 1.95. The molecule has 0 radical (unpaired) electrons. The lowest BCUT2D eigenvalue weighted by Gasteiger charge is -1.97. The molecule has 0 fully saturated rings. The molecule has 0 aliphatic carbocycles. The summed E-state index contributed by atoms with van der Waals surface area (Å²) in [6.07, 6.45) is 0.491. The monoisotopic (exact) mass is 179 g/mol. The second-order valence-electron chi connectivity index (χ2n) is 2.31. The van der Waals surface area contributed by atoms with Crippen LogP contribution in [0.2, 0.25) is 0 Å². The molecule has 66 valence electrons. The van der Waals surface area contributed by atoms with Crippen molar-refractivity contribution < 1.29 is 13.2 Å². The molecule has 0 rings (SSSR count). The molecule has 0 spiro atoms. The number of nitrogens with two attached hydrogens (primary N) is 1. The van der Waals surface area contributed by atoms with Crippen molar-refractivity contribution in [2.45, 2.75) is 19.8 Å². The molecular weight excluding hydrogens is 166 g/mol. The lowest BCUT2D eigenvalue weighted by Crippen LogP contribution is -2.14. The van der Waals surface area contributed by atoms with E-state index in [1.54, 1.807) is 6.92 Å². The third-order valence-corrected chi connectivity index (χ3v) is 3.11. The first-order chi connectivity index (χ1) is 4.98. The molecule has 0 aromatic rings. The van der Waals surface area contributed by atoms with Gasteiger partial charge in [0.2, 0.25) is 5.91 Å². The Morgan fingerprint density at radius 3 is 2.36 bits per heavy atom. The molecule has 0 aromatic heterocycles. The van der Waals surface area contributed by atoms with Crippen LogP contribution >= 0.6 is 0 Å². The number of primary amides is 1. The normalized spacial score (nSPS) is 11.4. The van der Waals surface area contributed by atoms with Gasteiger partial charge in [-0.15, -0.1) is 0 Å². The van der Waals surface area contributed by atoms with Gasteiger partial charge in [-0.2, -0.15) is 0 Å². The van der Waals surface area contributed by atoms with Crippen molar-refractivity contribution in [2.75, 3.05) is 11.5 Å². The van der Waals surface area contributed by atoms with E-state index in [0.717, 1.165) is 0 Å². The molecule has 0 aliphatic heterocycles. The summed E-state index contributed by atoms with van der Waals surface area (Å²) in [4.78, 5) is 10.2. The molecule has 1 amide bonds. The first kappa shape index (κ1) is 10.4. The average molecular weight is 179 g/mol. The van der Waals surface area contributed by atoms with Crippen LogP contribution in [0, 0.1) is 0 Å². The van der Waals surface area contributed by atoms with Gasteiger partial charge in [-0.3, -0.25) is 4.79 Å². The zero-order valence-corrected chi connectivity index (χ0v) is 7.36. The van der Waals surface area contributed by atoms with Gasteiger partial charge in [-0.05, 0) is 6.42 Å². The third kappa shape index (κ3) is 5.84. The number of amides is 1. The summed E-state index contributed by atoms with van der Waals surface area (Å²) < 4.78 is 21.7. The predicted octanol–water partition coefficient (Wildman–Crippen LogP) is -0.313. The van der Waals surface area contributed by atoms with Crippen molar-refractivity contribution >= 4 is 15.7 Å². The lowest BCUT2D eigenvalue weighted by molar-refractivity contribution is -0.118. The number of sulfone groups is 1. The summed E-state index contributed by atoms with van der Waals surface area (Å²) in [5.41, 5.74) is 4.83. The number of carbonyl (C=O) groups is 1. The molecule has 0 unspecified atom stereocenters. The topological polar surface area (TPSA) is 77.2 Å². The Labute approximate surface area is 66.7 Å². The van der Waals surface area contributed by atoms with Gasteiger partial charge in [0.1, 0.15) is 9.84 Å².